The monoisotopic (exact) mass is 483 g/mol. The first-order chi connectivity index (χ1) is 15.2. The summed E-state index contributed by atoms with van der Waals surface area (Å²) in [5, 5.41) is 16.4. The predicted octanol–water partition coefficient (Wildman–Crippen LogP) is 1.20. The molecular formula is C19H29N7O4S2. The molecule has 0 bridgehead atoms. The van der Waals surface area contributed by atoms with E-state index >= 15 is 0 Å². The molecule has 1 aliphatic heterocycles. The van der Waals surface area contributed by atoms with Gasteiger partial charge in [-0.15, -0.1) is 10.2 Å². The number of rotatable bonds is 7. The average Bonchev–Trinajstić information content (AvgIpc) is 3.44. The van der Waals surface area contributed by atoms with Crippen LogP contribution in [0.25, 0.3) is 11.4 Å². The number of aromatic nitrogens is 4. The van der Waals surface area contributed by atoms with E-state index in [0.717, 1.165) is 31.4 Å². The Morgan fingerprint density at radius 3 is 2.47 bits per heavy atom. The summed E-state index contributed by atoms with van der Waals surface area (Å²) >= 11 is 0. The molecule has 32 heavy (non-hydrogen) atoms. The minimum Gasteiger partial charge on any atom is -0.382 e. The molecule has 11 nitrogen and oxygen atoms in total. The van der Waals surface area contributed by atoms with Gasteiger partial charge in [0.05, 0.1) is 17.2 Å². The summed E-state index contributed by atoms with van der Waals surface area (Å²) in [5.41, 5.74) is 1.31. The zero-order valence-electron chi connectivity index (χ0n) is 18.2. The summed E-state index contributed by atoms with van der Waals surface area (Å²) in [6.45, 7) is 0.695. The van der Waals surface area contributed by atoms with Crippen LogP contribution in [0.4, 0.5) is 5.69 Å². The number of nitrogens with one attached hydrogen (secondary N) is 2. The molecule has 1 aliphatic carbocycles. The zero-order chi connectivity index (χ0) is 22.9. The Morgan fingerprint density at radius 1 is 1.06 bits per heavy atom. The fraction of sp³-hybridized carbons (Fsp3) is 0.632. The van der Waals surface area contributed by atoms with Crippen molar-refractivity contribution in [3.05, 3.63) is 18.2 Å². The van der Waals surface area contributed by atoms with Gasteiger partial charge in [-0.1, -0.05) is 19.3 Å². The molecule has 1 aromatic carbocycles. The Morgan fingerprint density at radius 2 is 1.81 bits per heavy atom. The van der Waals surface area contributed by atoms with E-state index in [-0.39, 0.29) is 17.5 Å². The summed E-state index contributed by atoms with van der Waals surface area (Å²) in [7, 11) is -5.56. The molecule has 0 amide bonds. The quantitative estimate of drug-likeness (QED) is 0.599. The van der Waals surface area contributed by atoms with Gasteiger partial charge in [-0.3, -0.25) is 0 Å². The lowest BCUT2D eigenvalue weighted by atomic mass is 9.95. The highest BCUT2D eigenvalue weighted by molar-refractivity contribution is 7.89. The van der Waals surface area contributed by atoms with Gasteiger partial charge in [0.25, 0.3) is 0 Å². The average molecular weight is 484 g/mol. The first-order valence-corrected chi connectivity index (χ1v) is 14.1. The Kier molecular flexibility index (Phi) is 6.52. The molecule has 1 atom stereocenters. The second-order valence-corrected chi connectivity index (χ2v) is 12.3. The molecular weight excluding hydrogens is 454 g/mol. The minimum absolute atomic E-state index is 0.115. The molecule has 1 unspecified atom stereocenters. The summed E-state index contributed by atoms with van der Waals surface area (Å²) in [6.07, 6.45) is 7.43. The number of hydrogen-bond acceptors (Lipinski definition) is 8. The lowest BCUT2D eigenvalue weighted by molar-refractivity contribution is 0.397. The summed E-state index contributed by atoms with van der Waals surface area (Å²) in [5.74, 6) is 0.300. The van der Waals surface area contributed by atoms with Crippen LogP contribution in [0, 0.1) is 0 Å². The van der Waals surface area contributed by atoms with Crippen molar-refractivity contribution in [1.82, 2.24) is 29.2 Å². The van der Waals surface area contributed by atoms with Crippen LogP contribution >= 0.6 is 0 Å². The van der Waals surface area contributed by atoms with Crippen molar-refractivity contribution in [2.45, 2.75) is 55.5 Å². The smallest absolute Gasteiger partial charge is 0.240 e. The van der Waals surface area contributed by atoms with Crippen molar-refractivity contribution in [2.75, 3.05) is 31.7 Å². The van der Waals surface area contributed by atoms with E-state index < -0.39 is 20.0 Å². The first-order valence-electron chi connectivity index (χ1n) is 10.8. The van der Waals surface area contributed by atoms with Gasteiger partial charge in [0.15, 0.2) is 0 Å². The molecule has 0 spiro atoms. The minimum atomic E-state index is -3.64. The third kappa shape index (κ3) is 4.95. The van der Waals surface area contributed by atoms with Crippen molar-refractivity contribution in [3.63, 3.8) is 0 Å². The summed E-state index contributed by atoms with van der Waals surface area (Å²) in [6, 6.07) is 4.95. The van der Waals surface area contributed by atoms with E-state index in [1.165, 1.54) is 28.8 Å². The highest BCUT2D eigenvalue weighted by atomic mass is 32.2. The Hall–Kier alpha value is -2.09. The zero-order valence-corrected chi connectivity index (χ0v) is 19.9. The first kappa shape index (κ1) is 23.1. The van der Waals surface area contributed by atoms with Gasteiger partial charge in [-0.05, 0) is 49.7 Å². The van der Waals surface area contributed by atoms with Crippen molar-refractivity contribution >= 4 is 25.7 Å². The lowest BCUT2D eigenvalue weighted by Gasteiger charge is -2.25. The van der Waals surface area contributed by atoms with Crippen molar-refractivity contribution in [1.29, 1.82) is 0 Å². The number of nitrogens with zero attached hydrogens (tertiary/aromatic N) is 5. The largest absolute Gasteiger partial charge is 0.382 e. The van der Waals surface area contributed by atoms with Gasteiger partial charge in [-0.2, -0.15) is 9.10 Å². The highest BCUT2D eigenvalue weighted by Crippen LogP contribution is 2.31. The van der Waals surface area contributed by atoms with Crippen LogP contribution in [0.2, 0.25) is 0 Å². The topological polar surface area (TPSA) is 139 Å². The second-order valence-electron chi connectivity index (χ2n) is 8.39. The van der Waals surface area contributed by atoms with Gasteiger partial charge in [-0.25, -0.2) is 21.6 Å². The lowest BCUT2D eigenvalue weighted by Crippen LogP contribution is -2.28. The SMILES string of the molecule is CNS(=O)(=O)c1ccc(NC2CCCCC2)c(-c2nnn(C3CCN(S(C)(=O)=O)C3)n2)c1. The molecule has 2 aliphatic rings. The molecule has 2 N–H and O–H groups in total. The van der Waals surface area contributed by atoms with Crippen LogP contribution in [-0.4, -0.2) is 73.8 Å². The molecule has 2 aromatic rings. The van der Waals surface area contributed by atoms with E-state index in [0.29, 0.717) is 30.4 Å². The fourth-order valence-electron chi connectivity index (χ4n) is 4.27. The number of benzene rings is 1. The Bertz CT molecular complexity index is 1170. The maximum Gasteiger partial charge on any atom is 0.240 e. The molecule has 4 rings (SSSR count). The molecule has 1 saturated carbocycles. The van der Waals surface area contributed by atoms with E-state index in [2.05, 4.69) is 25.4 Å². The van der Waals surface area contributed by atoms with Gasteiger partial charge >= 0.3 is 0 Å². The van der Waals surface area contributed by atoms with Crippen molar-refractivity contribution < 1.29 is 16.8 Å². The van der Waals surface area contributed by atoms with Crippen LogP contribution in [0.5, 0.6) is 0 Å². The second kappa shape index (κ2) is 9.04. The van der Waals surface area contributed by atoms with Crippen LogP contribution in [0.15, 0.2) is 23.1 Å². The van der Waals surface area contributed by atoms with Gasteiger partial charge in [0.1, 0.15) is 0 Å². The number of tetrazole rings is 1. The summed E-state index contributed by atoms with van der Waals surface area (Å²) < 4.78 is 52.1. The van der Waals surface area contributed by atoms with Crippen molar-refractivity contribution in [3.8, 4) is 11.4 Å². The summed E-state index contributed by atoms with van der Waals surface area (Å²) in [4.78, 5) is 1.55. The Labute approximate surface area is 188 Å². The van der Waals surface area contributed by atoms with Crippen LogP contribution in [-0.2, 0) is 20.0 Å². The van der Waals surface area contributed by atoms with Crippen molar-refractivity contribution in [2.24, 2.45) is 0 Å². The Balaban J connectivity index is 1.65. The number of sulfonamides is 2. The molecule has 0 radical (unpaired) electrons. The molecule has 2 fully saturated rings. The normalized spacial score (nSPS) is 21.1. The van der Waals surface area contributed by atoms with E-state index in [4.69, 9.17) is 0 Å². The molecule has 176 valence electrons. The van der Waals surface area contributed by atoms with Gasteiger partial charge in [0.2, 0.25) is 25.9 Å². The van der Waals surface area contributed by atoms with E-state index in [1.54, 1.807) is 18.2 Å². The highest BCUT2D eigenvalue weighted by Gasteiger charge is 2.31. The molecule has 1 aromatic heterocycles. The molecule has 2 heterocycles. The maximum absolute atomic E-state index is 12.4. The standard InChI is InChI=1S/C19H29N7O4S2/c1-20-32(29,30)16-8-9-18(21-14-6-4-3-5-7-14)17(12-16)19-22-24-26(23-19)15-10-11-25(13-15)31(2,27)28/h8-9,12,14-15,20-21H,3-7,10-11,13H2,1-2H3. The predicted molar refractivity (Wildman–Crippen MR) is 120 cm³/mol. The molecule has 13 heteroatoms. The van der Waals surface area contributed by atoms with Gasteiger partial charge < -0.3 is 5.32 Å². The van der Waals surface area contributed by atoms with Crippen LogP contribution < -0.4 is 10.0 Å². The maximum atomic E-state index is 12.4. The fourth-order valence-corrected chi connectivity index (χ4v) is 5.91. The molecule has 1 saturated heterocycles. The van der Waals surface area contributed by atoms with E-state index in [1.807, 2.05) is 0 Å². The van der Waals surface area contributed by atoms with Gasteiger partial charge in [0, 0.05) is 30.4 Å². The van der Waals surface area contributed by atoms with E-state index in [9.17, 15) is 16.8 Å². The third-order valence-electron chi connectivity index (χ3n) is 6.13. The van der Waals surface area contributed by atoms with Crippen LogP contribution in [0.1, 0.15) is 44.6 Å². The van der Waals surface area contributed by atoms with Crippen LogP contribution in [0.3, 0.4) is 0 Å². The number of anilines is 1. The number of hydrogen-bond donors (Lipinski definition) is 2. The third-order valence-corrected chi connectivity index (χ3v) is 8.81.